The number of rotatable bonds is 0. The number of pyridine rings is 2. The molecule has 0 N–H and O–H groups in total. The second-order valence-electron chi connectivity index (χ2n) is 5.67. The van der Waals surface area contributed by atoms with E-state index in [1.807, 2.05) is 16.7 Å². The second kappa shape index (κ2) is 4.04. The fraction of sp³-hybridized carbons (Fsp3) is 0.0526. The van der Waals surface area contributed by atoms with Crippen LogP contribution in [0.2, 0.25) is 0 Å². The van der Waals surface area contributed by atoms with Crippen molar-refractivity contribution in [1.82, 2.24) is 9.55 Å². The molecule has 0 aliphatic carbocycles. The number of hydrogen-bond acceptors (Lipinski definition) is 2. The Morgan fingerprint density at radius 1 is 0.864 bits per heavy atom. The first-order chi connectivity index (χ1) is 10.8. The van der Waals surface area contributed by atoms with E-state index in [2.05, 4.69) is 41.4 Å². The normalized spacial score (nSPS) is 12.5. The molecule has 5 rings (SSSR count). The van der Waals surface area contributed by atoms with Gasteiger partial charge in [-0.3, -0.25) is 9.78 Å². The summed E-state index contributed by atoms with van der Waals surface area (Å²) in [6.45, 7) is 0.618. The Balaban J connectivity index is 2.10. The first-order valence-corrected chi connectivity index (χ1v) is 7.32. The van der Waals surface area contributed by atoms with E-state index in [4.69, 9.17) is 0 Å². The van der Waals surface area contributed by atoms with E-state index in [0.29, 0.717) is 11.9 Å². The van der Waals surface area contributed by atoms with Crippen LogP contribution >= 0.6 is 0 Å². The van der Waals surface area contributed by atoms with E-state index in [-0.39, 0.29) is 5.56 Å². The Bertz CT molecular complexity index is 1130. The minimum Gasteiger partial charge on any atom is -0.303 e. The number of fused-ring (bicyclic) bond motifs is 4. The smallest absolute Gasteiger partial charge is 0.260 e. The topological polar surface area (TPSA) is 34.9 Å². The molecule has 0 atom stereocenters. The molecule has 4 aromatic rings. The lowest BCUT2D eigenvalue weighted by atomic mass is 9.92. The number of para-hydroxylation sites is 1. The number of nitrogens with zero attached hydrogens (tertiary/aromatic N) is 2. The van der Waals surface area contributed by atoms with Crippen molar-refractivity contribution in [2.24, 2.45) is 0 Å². The number of aromatic nitrogens is 2. The maximum Gasteiger partial charge on any atom is 0.260 e. The lowest BCUT2D eigenvalue weighted by molar-refractivity contribution is 0.795. The highest BCUT2D eigenvalue weighted by Gasteiger charge is 2.20. The van der Waals surface area contributed by atoms with Crippen LogP contribution < -0.4 is 5.56 Å². The standard InChI is InChI=1S/C19H12N2O/c22-19-17-10-20-9-8-14(17)16-7-3-6-15-13-5-2-1-4-12(13)11-21(19)18(15)16/h1-10H,11H2. The minimum absolute atomic E-state index is 0.0394. The Kier molecular flexibility index (Phi) is 2.15. The van der Waals surface area contributed by atoms with Gasteiger partial charge in [0.15, 0.2) is 0 Å². The van der Waals surface area contributed by atoms with Crippen LogP contribution in [-0.2, 0) is 6.54 Å². The van der Waals surface area contributed by atoms with Crippen molar-refractivity contribution in [2.75, 3.05) is 0 Å². The lowest BCUT2D eigenvalue weighted by Gasteiger charge is -2.23. The zero-order chi connectivity index (χ0) is 14.7. The summed E-state index contributed by atoms with van der Waals surface area (Å²) >= 11 is 0. The molecule has 0 saturated heterocycles. The van der Waals surface area contributed by atoms with Crippen molar-refractivity contribution in [3.63, 3.8) is 0 Å². The summed E-state index contributed by atoms with van der Waals surface area (Å²) in [4.78, 5) is 17.0. The lowest BCUT2D eigenvalue weighted by Crippen LogP contribution is -2.24. The quantitative estimate of drug-likeness (QED) is 0.407. The summed E-state index contributed by atoms with van der Waals surface area (Å²) in [5.41, 5.74) is 4.62. The number of benzene rings is 2. The summed E-state index contributed by atoms with van der Waals surface area (Å²) < 4.78 is 1.89. The molecule has 3 heteroatoms. The van der Waals surface area contributed by atoms with Crippen LogP contribution in [0, 0.1) is 0 Å². The molecule has 0 radical (unpaired) electrons. The summed E-state index contributed by atoms with van der Waals surface area (Å²) in [7, 11) is 0. The van der Waals surface area contributed by atoms with Gasteiger partial charge in [0.05, 0.1) is 17.4 Å². The van der Waals surface area contributed by atoms with E-state index >= 15 is 0 Å². The molecule has 1 aliphatic rings. The van der Waals surface area contributed by atoms with E-state index in [0.717, 1.165) is 21.9 Å². The van der Waals surface area contributed by atoms with Gasteiger partial charge in [0.25, 0.3) is 5.56 Å². The van der Waals surface area contributed by atoms with Crippen molar-refractivity contribution in [1.29, 1.82) is 0 Å². The molecule has 0 spiro atoms. The highest BCUT2D eigenvalue weighted by atomic mass is 16.1. The molecule has 1 aliphatic heterocycles. The fourth-order valence-electron chi connectivity index (χ4n) is 3.56. The first kappa shape index (κ1) is 11.7. The summed E-state index contributed by atoms with van der Waals surface area (Å²) in [5.74, 6) is 0. The van der Waals surface area contributed by atoms with Gasteiger partial charge in [-0.2, -0.15) is 0 Å². The highest BCUT2D eigenvalue weighted by molar-refractivity contribution is 6.10. The molecule has 104 valence electrons. The first-order valence-electron chi connectivity index (χ1n) is 7.32. The molecular formula is C19H12N2O. The SMILES string of the molecule is O=c1c2cnccc2c2cccc3c2n1Cc1ccccc1-3. The van der Waals surface area contributed by atoms with Crippen molar-refractivity contribution in [3.05, 3.63) is 76.8 Å². The third-order valence-corrected chi connectivity index (χ3v) is 4.53. The molecule has 3 heterocycles. The van der Waals surface area contributed by atoms with Gasteiger partial charge in [-0.25, -0.2) is 0 Å². The molecule has 3 nitrogen and oxygen atoms in total. The van der Waals surface area contributed by atoms with E-state index in [1.165, 1.54) is 11.1 Å². The molecule has 0 fully saturated rings. The summed E-state index contributed by atoms with van der Waals surface area (Å²) in [5, 5.41) is 2.78. The van der Waals surface area contributed by atoms with Gasteiger partial charge in [-0.1, -0.05) is 42.5 Å². The van der Waals surface area contributed by atoms with E-state index in [1.54, 1.807) is 12.4 Å². The Hall–Kier alpha value is -2.94. The largest absolute Gasteiger partial charge is 0.303 e. The Labute approximate surface area is 126 Å². The molecule has 2 aromatic carbocycles. The Morgan fingerprint density at radius 2 is 1.73 bits per heavy atom. The predicted molar refractivity (Wildman–Crippen MR) is 88.0 cm³/mol. The van der Waals surface area contributed by atoms with E-state index in [9.17, 15) is 4.79 Å². The van der Waals surface area contributed by atoms with Gasteiger partial charge in [0, 0.05) is 23.3 Å². The van der Waals surface area contributed by atoms with Crippen molar-refractivity contribution >= 4 is 21.7 Å². The van der Waals surface area contributed by atoms with Crippen molar-refractivity contribution in [3.8, 4) is 11.1 Å². The Morgan fingerprint density at radius 3 is 2.68 bits per heavy atom. The molecule has 0 unspecified atom stereocenters. The molecular weight excluding hydrogens is 272 g/mol. The molecule has 0 amide bonds. The molecule has 2 aromatic heterocycles. The van der Waals surface area contributed by atoms with Crippen LogP contribution in [0.25, 0.3) is 32.8 Å². The predicted octanol–water partition coefficient (Wildman–Crippen LogP) is 3.58. The molecule has 0 bridgehead atoms. The van der Waals surface area contributed by atoms with Gasteiger partial charge in [-0.15, -0.1) is 0 Å². The summed E-state index contributed by atoms with van der Waals surface area (Å²) in [6.07, 6.45) is 3.42. The molecule has 22 heavy (non-hydrogen) atoms. The second-order valence-corrected chi connectivity index (χ2v) is 5.67. The fourth-order valence-corrected chi connectivity index (χ4v) is 3.56. The van der Waals surface area contributed by atoms with Gasteiger partial charge >= 0.3 is 0 Å². The third kappa shape index (κ3) is 1.35. The van der Waals surface area contributed by atoms with Gasteiger partial charge < -0.3 is 4.57 Å². The monoisotopic (exact) mass is 284 g/mol. The molecule has 0 saturated carbocycles. The van der Waals surface area contributed by atoms with E-state index < -0.39 is 0 Å². The number of hydrogen-bond donors (Lipinski definition) is 0. The van der Waals surface area contributed by atoms with Crippen LogP contribution in [0.1, 0.15) is 5.56 Å². The minimum atomic E-state index is 0.0394. The van der Waals surface area contributed by atoms with Crippen molar-refractivity contribution < 1.29 is 0 Å². The van der Waals surface area contributed by atoms with Crippen LogP contribution in [-0.4, -0.2) is 9.55 Å². The summed E-state index contributed by atoms with van der Waals surface area (Å²) in [6, 6.07) is 16.5. The van der Waals surface area contributed by atoms with Gasteiger partial charge in [-0.05, 0) is 22.6 Å². The van der Waals surface area contributed by atoms with Crippen LogP contribution in [0.3, 0.4) is 0 Å². The maximum absolute atomic E-state index is 12.9. The van der Waals surface area contributed by atoms with Crippen molar-refractivity contribution in [2.45, 2.75) is 6.54 Å². The van der Waals surface area contributed by atoms with Crippen LogP contribution in [0.4, 0.5) is 0 Å². The van der Waals surface area contributed by atoms with Crippen LogP contribution in [0.5, 0.6) is 0 Å². The average molecular weight is 284 g/mol. The van der Waals surface area contributed by atoms with Gasteiger partial charge in [0.1, 0.15) is 0 Å². The zero-order valence-electron chi connectivity index (χ0n) is 11.8. The maximum atomic E-state index is 12.9. The average Bonchev–Trinajstić information content (AvgIpc) is 2.59. The van der Waals surface area contributed by atoms with Gasteiger partial charge in [0.2, 0.25) is 0 Å². The highest BCUT2D eigenvalue weighted by Crippen LogP contribution is 2.36. The zero-order valence-corrected chi connectivity index (χ0v) is 11.8. The van der Waals surface area contributed by atoms with Crippen LogP contribution in [0.15, 0.2) is 65.7 Å². The third-order valence-electron chi connectivity index (χ3n) is 4.53.